The average Bonchev–Trinajstić information content (AvgIpc) is 2.90. The summed E-state index contributed by atoms with van der Waals surface area (Å²) < 4.78 is 29.7. The highest BCUT2D eigenvalue weighted by Crippen LogP contribution is 2.38. The highest BCUT2D eigenvalue weighted by molar-refractivity contribution is 5.58. The first-order chi connectivity index (χ1) is 14.8. The van der Waals surface area contributed by atoms with Crippen molar-refractivity contribution in [3.8, 4) is 11.3 Å². The van der Waals surface area contributed by atoms with E-state index in [9.17, 15) is 23.9 Å². The summed E-state index contributed by atoms with van der Waals surface area (Å²) >= 11 is 0. The van der Waals surface area contributed by atoms with Crippen LogP contribution in [0.1, 0.15) is 36.7 Å². The number of hydrogen-bond donors (Lipinski definition) is 2. The van der Waals surface area contributed by atoms with Gasteiger partial charge in [0.1, 0.15) is 17.2 Å². The van der Waals surface area contributed by atoms with Crippen LogP contribution in [0.3, 0.4) is 0 Å². The van der Waals surface area contributed by atoms with Gasteiger partial charge in [0.25, 0.3) is 5.56 Å². The van der Waals surface area contributed by atoms with Crippen LogP contribution in [0.4, 0.5) is 8.78 Å². The number of hydroxylamine groups is 2. The highest BCUT2D eigenvalue weighted by atomic mass is 19.1. The fraction of sp³-hybridized carbons (Fsp3) is 0.318. The summed E-state index contributed by atoms with van der Waals surface area (Å²) in [5.41, 5.74) is -1.53. The molecular formula is C22H22F2N4O3. The van der Waals surface area contributed by atoms with Gasteiger partial charge in [-0.15, -0.1) is 0 Å². The molecular weight excluding hydrogens is 406 g/mol. The fourth-order valence-corrected chi connectivity index (χ4v) is 4.07. The summed E-state index contributed by atoms with van der Waals surface area (Å²) in [4.78, 5) is 20.7. The first-order valence-corrected chi connectivity index (χ1v) is 9.91. The monoisotopic (exact) mass is 428 g/mol. The molecule has 2 atom stereocenters. The van der Waals surface area contributed by atoms with Crippen LogP contribution in [0.2, 0.25) is 0 Å². The van der Waals surface area contributed by atoms with Crippen molar-refractivity contribution < 1.29 is 19.1 Å². The van der Waals surface area contributed by atoms with Gasteiger partial charge in [0, 0.05) is 37.0 Å². The molecule has 3 aromatic rings. The molecule has 0 spiro atoms. The summed E-state index contributed by atoms with van der Waals surface area (Å²) in [6.45, 7) is 0.0270. The molecule has 1 aliphatic heterocycles. The number of nitrogens with zero attached hydrogens (tertiary/aromatic N) is 4. The van der Waals surface area contributed by atoms with Gasteiger partial charge in [-0.2, -0.15) is 5.06 Å². The Morgan fingerprint density at radius 3 is 2.68 bits per heavy atom. The molecule has 1 aliphatic rings. The molecule has 2 unspecified atom stereocenters. The Morgan fingerprint density at radius 2 is 1.94 bits per heavy atom. The van der Waals surface area contributed by atoms with Crippen LogP contribution in [0, 0.1) is 11.6 Å². The minimum absolute atomic E-state index is 0.0270. The van der Waals surface area contributed by atoms with E-state index >= 15 is 0 Å². The zero-order valence-corrected chi connectivity index (χ0v) is 16.9. The van der Waals surface area contributed by atoms with Gasteiger partial charge in [0.2, 0.25) is 0 Å². The molecule has 0 amide bonds. The second kappa shape index (κ2) is 8.26. The maximum atomic E-state index is 14.3. The second-order valence-corrected chi connectivity index (χ2v) is 7.74. The van der Waals surface area contributed by atoms with Crippen molar-refractivity contribution in [3.63, 3.8) is 0 Å². The molecule has 2 aromatic heterocycles. The van der Waals surface area contributed by atoms with Crippen LogP contribution in [-0.2, 0) is 12.6 Å². The van der Waals surface area contributed by atoms with Crippen LogP contribution < -0.4 is 5.56 Å². The van der Waals surface area contributed by atoms with Crippen molar-refractivity contribution in [3.05, 3.63) is 82.2 Å². The Balaban J connectivity index is 1.73. The number of pyridine rings is 1. The van der Waals surface area contributed by atoms with E-state index in [-0.39, 0.29) is 42.9 Å². The molecule has 1 aromatic carbocycles. The SMILES string of the molecule is Cn1c(C2(O)CCC(c3ccccc3F)N(O)CC2)nc(-c2ccncc2F)cc1=O. The zero-order chi connectivity index (χ0) is 22.2. The average molecular weight is 428 g/mol. The third-order valence-corrected chi connectivity index (χ3v) is 5.81. The van der Waals surface area contributed by atoms with Crippen LogP contribution in [0.15, 0.2) is 53.6 Å². The van der Waals surface area contributed by atoms with Crippen LogP contribution in [-0.4, -0.2) is 36.5 Å². The Hall–Kier alpha value is -3.01. The Morgan fingerprint density at radius 1 is 1.16 bits per heavy atom. The van der Waals surface area contributed by atoms with E-state index < -0.39 is 28.8 Å². The number of rotatable bonds is 3. The lowest BCUT2D eigenvalue weighted by Gasteiger charge is -2.28. The van der Waals surface area contributed by atoms with Crippen molar-refractivity contribution in [2.24, 2.45) is 7.05 Å². The van der Waals surface area contributed by atoms with Crippen molar-refractivity contribution in [1.82, 2.24) is 19.6 Å². The Labute approximate surface area is 177 Å². The number of aliphatic hydroxyl groups is 1. The quantitative estimate of drug-likeness (QED) is 0.667. The molecule has 0 bridgehead atoms. The first kappa shape index (κ1) is 21.2. The number of aromatic nitrogens is 3. The molecule has 4 rings (SSSR count). The maximum absolute atomic E-state index is 14.3. The van der Waals surface area contributed by atoms with Crippen molar-refractivity contribution in [2.45, 2.75) is 30.9 Å². The smallest absolute Gasteiger partial charge is 0.253 e. The molecule has 0 saturated carbocycles. The van der Waals surface area contributed by atoms with E-state index in [0.29, 0.717) is 5.56 Å². The van der Waals surface area contributed by atoms with Gasteiger partial charge in [-0.05, 0) is 31.4 Å². The summed E-state index contributed by atoms with van der Waals surface area (Å²) in [6.07, 6.45) is 2.80. The molecule has 0 aliphatic carbocycles. The molecule has 31 heavy (non-hydrogen) atoms. The minimum Gasteiger partial charge on any atom is -0.382 e. The van der Waals surface area contributed by atoms with E-state index in [2.05, 4.69) is 9.97 Å². The van der Waals surface area contributed by atoms with Crippen molar-refractivity contribution in [1.29, 1.82) is 0 Å². The van der Waals surface area contributed by atoms with Crippen LogP contribution in [0.5, 0.6) is 0 Å². The normalized spacial score (nSPS) is 22.3. The first-order valence-electron chi connectivity index (χ1n) is 9.91. The lowest BCUT2D eigenvalue weighted by Crippen LogP contribution is -2.36. The van der Waals surface area contributed by atoms with Gasteiger partial charge in [-0.3, -0.25) is 14.3 Å². The molecule has 0 radical (unpaired) electrons. The molecule has 2 N–H and O–H groups in total. The van der Waals surface area contributed by atoms with E-state index in [0.717, 1.165) is 11.3 Å². The Kier molecular flexibility index (Phi) is 5.65. The molecule has 3 heterocycles. The Bertz CT molecular complexity index is 1170. The van der Waals surface area contributed by atoms with Crippen molar-refractivity contribution >= 4 is 0 Å². The number of hydrogen-bond acceptors (Lipinski definition) is 6. The second-order valence-electron chi connectivity index (χ2n) is 7.74. The standard InChI is InChI=1S/C22H22F2N4O3/c1-27-20(29)12-18(14-7-10-25-13-17(14)24)26-21(27)22(30)8-6-19(28(31)11-9-22)15-4-2-3-5-16(15)23/h2-5,7,10,12-13,19,30-31H,6,8-9,11H2,1H3. The number of halogens is 2. The summed E-state index contributed by atoms with van der Waals surface area (Å²) in [5, 5.41) is 23.0. The molecule has 162 valence electrons. The van der Waals surface area contributed by atoms with E-state index in [4.69, 9.17) is 0 Å². The van der Waals surface area contributed by atoms with Crippen LogP contribution >= 0.6 is 0 Å². The fourth-order valence-electron chi connectivity index (χ4n) is 4.07. The molecule has 1 saturated heterocycles. The zero-order valence-electron chi connectivity index (χ0n) is 16.9. The third-order valence-electron chi connectivity index (χ3n) is 5.81. The largest absolute Gasteiger partial charge is 0.382 e. The van der Waals surface area contributed by atoms with Crippen molar-refractivity contribution in [2.75, 3.05) is 6.54 Å². The third kappa shape index (κ3) is 3.99. The summed E-state index contributed by atoms with van der Waals surface area (Å²) in [5.74, 6) is -1.02. The summed E-state index contributed by atoms with van der Waals surface area (Å²) in [6, 6.07) is 8.10. The van der Waals surface area contributed by atoms with E-state index in [1.165, 1.54) is 36.0 Å². The van der Waals surface area contributed by atoms with E-state index in [1.54, 1.807) is 18.2 Å². The number of benzene rings is 1. The lowest BCUT2D eigenvalue weighted by molar-refractivity contribution is -0.130. The van der Waals surface area contributed by atoms with Gasteiger partial charge in [-0.25, -0.2) is 13.8 Å². The van der Waals surface area contributed by atoms with Gasteiger partial charge < -0.3 is 10.3 Å². The highest BCUT2D eigenvalue weighted by Gasteiger charge is 2.39. The van der Waals surface area contributed by atoms with E-state index in [1.807, 2.05) is 0 Å². The molecule has 1 fully saturated rings. The predicted octanol–water partition coefficient (Wildman–Crippen LogP) is 2.92. The minimum atomic E-state index is -1.57. The molecule has 7 nitrogen and oxygen atoms in total. The maximum Gasteiger partial charge on any atom is 0.253 e. The van der Waals surface area contributed by atoms with Gasteiger partial charge in [0.05, 0.1) is 17.9 Å². The van der Waals surface area contributed by atoms with Gasteiger partial charge in [0.15, 0.2) is 5.82 Å². The van der Waals surface area contributed by atoms with Crippen LogP contribution in [0.25, 0.3) is 11.3 Å². The topological polar surface area (TPSA) is 91.5 Å². The summed E-state index contributed by atoms with van der Waals surface area (Å²) in [7, 11) is 1.48. The van der Waals surface area contributed by atoms with Gasteiger partial charge >= 0.3 is 0 Å². The predicted molar refractivity (Wildman–Crippen MR) is 108 cm³/mol. The molecule has 9 heteroatoms. The lowest BCUT2D eigenvalue weighted by atomic mass is 9.90. The van der Waals surface area contributed by atoms with Gasteiger partial charge in [-0.1, -0.05) is 18.2 Å².